The minimum absolute atomic E-state index is 0.194. The second-order valence-electron chi connectivity index (χ2n) is 8.42. The van der Waals surface area contributed by atoms with Crippen molar-refractivity contribution in [2.75, 3.05) is 23.7 Å². The van der Waals surface area contributed by atoms with Gasteiger partial charge in [0.05, 0.1) is 12.2 Å². The van der Waals surface area contributed by atoms with Crippen LogP contribution in [0.3, 0.4) is 0 Å². The van der Waals surface area contributed by atoms with E-state index in [1.54, 1.807) is 18.5 Å². The van der Waals surface area contributed by atoms with Crippen LogP contribution >= 0.6 is 11.3 Å². The van der Waals surface area contributed by atoms with Gasteiger partial charge in [0.25, 0.3) is 5.91 Å². The smallest absolute Gasteiger partial charge is 0.251 e. The molecule has 1 aromatic carbocycles. The molecule has 2 heterocycles. The molecule has 0 bridgehead atoms. The molecule has 9 heteroatoms. The fraction of sp³-hybridized carbons (Fsp3) is 0.400. The first-order valence-corrected chi connectivity index (χ1v) is 12.7. The highest BCUT2D eigenvalue weighted by Gasteiger charge is 2.13. The van der Waals surface area contributed by atoms with E-state index in [-0.39, 0.29) is 5.91 Å². The predicted molar refractivity (Wildman–Crippen MR) is 135 cm³/mol. The van der Waals surface area contributed by atoms with Gasteiger partial charge in [0.2, 0.25) is 0 Å². The van der Waals surface area contributed by atoms with E-state index in [0.29, 0.717) is 41.3 Å². The fourth-order valence-electron chi connectivity index (χ4n) is 3.98. The van der Waals surface area contributed by atoms with Crippen LogP contribution in [0.4, 0.5) is 21.0 Å². The zero-order valence-corrected chi connectivity index (χ0v) is 20.0. The van der Waals surface area contributed by atoms with Crippen molar-refractivity contribution in [1.82, 2.24) is 20.6 Å². The van der Waals surface area contributed by atoms with Crippen molar-refractivity contribution in [1.29, 1.82) is 0 Å². The molecule has 34 heavy (non-hydrogen) atoms. The number of pyridine rings is 1. The Hall–Kier alpha value is -3.04. The maximum Gasteiger partial charge on any atom is 0.251 e. The summed E-state index contributed by atoms with van der Waals surface area (Å²) < 4.78 is 14.3. The van der Waals surface area contributed by atoms with Crippen LogP contribution in [0.25, 0.3) is 0 Å². The number of anilines is 3. The topological polar surface area (TPSA) is 91.0 Å². The van der Waals surface area contributed by atoms with E-state index in [1.807, 2.05) is 18.2 Å². The van der Waals surface area contributed by atoms with Crippen LogP contribution in [-0.2, 0) is 6.54 Å². The summed E-state index contributed by atoms with van der Waals surface area (Å²) in [5.74, 6) is 0.121. The van der Waals surface area contributed by atoms with Crippen LogP contribution in [-0.4, -0.2) is 35.0 Å². The Bertz CT molecular complexity index is 1050. The number of amides is 1. The number of aromatic nitrogens is 2. The number of halogens is 1. The molecule has 0 spiro atoms. The number of thiazole rings is 1. The molecule has 0 atom stereocenters. The first kappa shape index (κ1) is 24.1. The fourth-order valence-corrected chi connectivity index (χ4v) is 4.74. The Morgan fingerprint density at radius 2 is 1.97 bits per heavy atom. The second kappa shape index (κ2) is 12.4. The van der Waals surface area contributed by atoms with Crippen molar-refractivity contribution in [3.8, 4) is 0 Å². The third-order valence-electron chi connectivity index (χ3n) is 5.81. The molecule has 2 aromatic heterocycles. The first-order chi connectivity index (χ1) is 16.7. The largest absolute Gasteiger partial charge is 0.378 e. The maximum absolute atomic E-state index is 14.3. The lowest BCUT2D eigenvalue weighted by Gasteiger charge is -2.22. The van der Waals surface area contributed by atoms with Gasteiger partial charge < -0.3 is 21.3 Å². The first-order valence-electron chi connectivity index (χ1n) is 11.8. The van der Waals surface area contributed by atoms with E-state index >= 15 is 0 Å². The zero-order valence-electron chi connectivity index (χ0n) is 19.1. The number of nitrogens with zero attached hydrogens (tertiary/aromatic N) is 2. The van der Waals surface area contributed by atoms with Gasteiger partial charge in [0.1, 0.15) is 11.6 Å². The van der Waals surface area contributed by atoms with Crippen LogP contribution in [0.15, 0.2) is 48.8 Å². The van der Waals surface area contributed by atoms with Crippen LogP contribution in [0, 0.1) is 5.82 Å². The monoisotopic (exact) mass is 482 g/mol. The Morgan fingerprint density at radius 1 is 1.09 bits per heavy atom. The van der Waals surface area contributed by atoms with Crippen molar-refractivity contribution in [3.05, 3.63) is 65.0 Å². The lowest BCUT2D eigenvalue weighted by molar-refractivity contribution is 0.0953. The summed E-state index contributed by atoms with van der Waals surface area (Å²) in [4.78, 5) is 22.0. The summed E-state index contributed by atoms with van der Waals surface area (Å²) in [6, 6.07) is 10.6. The van der Waals surface area contributed by atoms with E-state index in [9.17, 15) is 9.18 Å². The summed E-state index contributed by atoms with van der Waals surface area (Å²) in [6.45, 7) is 1.88. The Kier molecular flexibility index (Phi) is 8.81. The maximum atomic E-state index is 14.3. The van der Waals surface area contributed by atoms with Gasteiger partial charge in [-0.15, -0.1) is 0 Å². The third kappa shape index (κ3) is 7.23. The summed E-state index contributed by atoms with van der Waals surface area (Å²) in [7, 11) is 0. The van der Waals surface area contributed by atoms with Crippen molar-refractivity contribution in [2.24, 2.45) is 0 Å². The van der Waals surface area contributed by atoms with Crippen molar-refractivity contribution in [2.45, 2.75) is 51.1 Å². The van der Waals surface area contributed by atoms with Crippen molar-refractivity contribution < 1.29 is 9.18 Å². The third-order valence-corrected chi connectivity index (χ3v) is 6.73. The summed E-state index contributed by atoms with van der Waals surface area (Å²) >= 11 is 1.46. The van der Waals surface area contributed by atoms with E-state index in [2.05, 4.69) is 31.2 Å². The molecule has 4 rings (SSSR count). The Morgan fingerprint density at radius 3 is 2.79 bits per heavy atom. The number of benzene rings is 1. The quantitative estimate of drug-likeness (QED) is 0.285. The van der Waals surface area contributed by atoms with Crippen LogP contribution in [0.2, 0.25) is 0 Å². The molecule has 0 aliphatic heterocycles. The van der Waals surface area contributed by atoms with Gasteiger partial charge in [-0.3, -0.25) is 4.79 Å². The second-order valence-corrected chi connectivity index (χ2v) is 9.53. The highest BCUT2D eigenvalue weighted by atomic mass is 32.1. The summed E-state index contributed by atoms with van der Waals surface area (Å²) in [5, 5.41) is 13.4. The molecule has 1 amide bonds. The summed E-state index contributed by atoms with van der Waals surface area (Å²) in [6.07, 6.45) is 10.8. The van der Waals surface area contributed by atoms with E-state index in [1.165, 1.54) is 55.6 Å². The SMILES string of the molecule is O=C(NCCCNC1CCCCC1)c1ccc(F)c(NCc2cnc(Nc3ccccn3)s2)c1. The number of hydrogen-bond acceptors (Lipinski definition) is 7. The molecule has 4 N–H and O–H groups in total. The van der Waals surface area contributed by atoms with Crippen LogP contribution in [0.1, 0.15) is 53.8 Å². The van der Waals surface area contributed by atoms with Gasteiger partial charge in [-0.2, -0.15) is 0 Å². The molecule has 7 nitrogen and oxygen atoms in total. The number of carbonyl (C=O) groups excluding carboxylic acids is 1. The van der Waals surface area contributed by atoms with Crippen molar-refractivity contribution in [3.63, 3.8) is 0 Å². The number of nitrogens with one attached hydrogen (secondary N) is 4. The molecule has 0 radical (unpaired) electrons. The highest BCUT2D eigenvalue weighted by molar-refractivity contribution is 7.15. The Labute approximate surface area is 203 Å². The predicted octanol–water partition coefficient (Wildman–Crippen LogP) is 5.08. The van der Waals surface area contributed by atoms with Crippen LogP contribution < -0.4 is 21.3 Å². The number of rotatable bonds is 11. The van der Waals surface area contributed by atoms with Gasteiger partial charge in [-0.1, -0.05) is 36.7 Å². The standard InChI is InChI=1S/C25H31FN6OS/c26-21-11-10-18(24(33)29-14-6-13-27-19-7-2-1-3-8-19)15-22(21)30-16-20-17-31-25(34-20)32-23-9-4-5-12-28-23/h4-5,9-12,15,17,19,27,30H,1-3,6-8,13-14,16H2,(H,29,33)(H,28,31,32). The number of carbonyl (C=O) groups is 1. The lowest BCUT2D eigenvalue weighted by Crippen LogP contribution is -2.34. The van der Waals surface area contributed by atoms with E-state index < -0.39 is 5.82 Å². The number of hydrogen-bond donors (Lipinski definition) is 4. The normalized spacial score (nSPS) is 14.0. The highest BCUT2D eigenvalue weighted by Crippen LogP contribution is 2.23. The van der Waals surface area contributed by atoms with Gasteiger partial charge in [-0.25, -0.2) is 14.4 Å². The zero-order chi connectivity index (χ0) is 23.6. The average molecular weight is 483 g/mol. The summed E-state index contributed by atoms with van der Waals surface area (Å²) in [5.41, 5.74) is 0.727. The molecule has 3 aromatic rings. The van der Waals surface area contributed by atoms with Crippen LogP contribution in [0.5, 0.6) is 0 Å². The van der Waals surface area contributed by atoms with Gasteiger partial charge in [0.15, 0.2) is 5.13 Å². The molecule has 0 unspecified atom stereocenters. The molecule has 1 saturated carbocycles. The van der Waals surface area contributed by atoms with Gasteiger partial charge >= 0.3 is 0 Å². The Balaban J connectivity index is 1.22. The minimum Gasteiger partial charge on any atom is -0.378 e. The molecule has 0 saturated heterocycles. The van der Waals surface area contributed by atoms with E-state index in [4.69, 9.17) is 0 Å². The van der Waals surface area contributed by atoms with Gasteiger partial charge in [0, 0.05) is 35.4 Å². The lowest BCUT2D eigenvalue weighted by atomic mass is 9.95. The molecular weight excluding hydrogens is 451 g/mol. The molecule has 1 fully saturated rings. The van der Waals surface area contributed by atoms with E-state index in [0.717, 1.165) is 17.8 Å². The minimum atomic E-state index is -0.399. The average Bonchev–Trinajstić information content (AvgIpc) is 3.31. The van der Waals surface area contributed by atoms with Crippen molar-refractivity contribution >= 4 is 33.9 Å². The molecule has 1 aliphatic carbocycles. The van der Waals surface area contributed by atoms with Gasteiger partial charge in [-0.05, 0) is 56.1 Å². The molecular formula is C25H31FN6OS. The molecule has 1 aliphatic rings. The molecule has 180 valence electrons.